The summed E-state index contributed by atoms with van der Waals surface area (Å²) in [5.74, 6) is 0. The first kappa shape index (κ1) is 5.94. The number of fused-ring (bicyclic) bond motifs is 3. The number of aromatic amines is 1. The van der Waals surface area contributed by atoms with Crippen LogP contribution in [0.15, 0.2) is 34.6 Å². The van der Waals surface area contributed by atoms with Gasteiger partial charge in [-0.2, -0.15) is 10.2 Å². The van der Waals surface area contributed by atoms with Crippen molar-refractivity contribution in [1.29, 1.82) is 0 Å². The highest BCUT2D eigenvalue weighted by Gasteiger charge is 2.11. The van der Waals surface area contributed by atoms with Gasteiger partial charge in [0.25, 0.3) is 0 Å². The maximum Gasteiger partial charge on any atom is 0.0925 e. The van der Waals surface area contributed by atoms with Crippen molar-refractivity contribution in [3.63, 3.8) is 0 Å². The SMILES string of the molecule is c1cc2ccc3c(c2[nH]1)CN=N3. The van der Waals surface area contributed by atoms with Crippen molar-refractivity contribution in [2.24, 2.45) is 10.2 Å². The zero-order valence-electron chi connectivity index (χ0n) is 6.41. The van der Waals surface area contributed by atoms with Gasteiger partial charge in [0, 0.05) is 11.8 Å². The van der Waals surface area contributed by atoms with Crippen LogP contribution in [0, 0.1) is 0 Å². The fourth-order valence-electron chi connectivity index (χ4n) is 1.62. The molecule has 0 amide bonds. The second-order valence-electron chi connectivity index (χ2n) is 2.90. The summed E-state index contributed by atoms with van der Waals surface area (Å²) in [6, 6.07) is 6.14. The third-order valence-corrected chi connectivity index (χ3v) is 2.22. The summed E-state index contributed by atoms with van der Waals surface area (Å²) >= 11 is 0. The second-order valence-corrected chi connectivity index (χ2v) is 2.90. The molecule has 0 saturated carbocycles. The van der Waals surface area contributed by atoms with Crippen molar-refractivity contribution in [2.45, 2.75) is 6.54 Å². The second kappa shape index (κ2) is 1.94. The number of aromatic nitrogens is 1. The Hall–Kier alpha value is -1.64. The largest absolute Gasteiger partial charge is 0.361 e. The van der Waals surface area contributed by atoms with Crippen molar-refractivity contribution in [1.82, 2.24) is 4.98 Å². The molecule has 0 unspecified atom stereocenters. The number of azo groups is 1. The molecule has 1 aromatic heterocycles. The minimum Gasteiger partial charge on any atom is -0.361 e. The molecule has 0 aliphatic carbocycles. The Kier molecular flexibility index (Phi) is 0.961. The first-order valence-corrected chi connectivity index (χ1v) is 3.91. The van der Waals surface area contributed by atoms with E-state index in [1.54, 1.807) is 0 Å². The lowest BCUT2D eigenvalue weighted by atomic mass is 10.1. The van der Waals surface area contributed by atoms with Gasteiger partial charge in [0.2, 0.25) is 0 Å². The molecule has 58 valence electrons. The van der Waals surface area contributed by atoms with Gasteiger partial charge in [-0.05, 0) is 17.5 Å². The fraction of sp³-hybridized carbons (Fsp3) is 0.111. The molecular formula is C9H7N3. The quantitative estimate of drug-likeness (QED) is 0.611. The minimum absolute atomic E-state index is 0.715. The van der Waals surface area contributed by atoms with Gasteiger partial charge in [-0.1, -0.05) is 6.07 Å². The first-order chi connectivity index (χ1) is 5.95. The van der Waals surface area contributed by atoms with Crippen LogP contribution in [0.25, 0.3) is 10.9 Å². The molecular weight excluding hydrogens is 150 g/mol. The molecule has 0 atom stereocenters. The monoisotopic (exact) mass is 157 g/mol. The van der Waals surface area contributed by atoms with Crippen LogP contribution in [-0.2, 0) is 6.54 Å². The molecule has 2 heterocycles. The summed E-state index contributed by atoms with van der Waals surface area (Å²) in [6.07, 6.45) is 1.95. The van der Waals surface area contributed by atoms with E-state index >= 15 is 0 Å². The van der Waals surface area contributed by atoms with Crippen molar-refractivity contribution >= 4 is 16.6 Å². The van der Waals surface area contributed by atoms with E-state index in [1.165, 1.54) is 16.5 Å². The number of hydrogen-bond acceptors (Lipinski definition) is 2. The van der Waals surface area contributed by atoms with E-state index in [0.29, 0.717) is 6.54 Å². The number of nitrogens with one attached hydrogen (secondary N) is 1. The van der Waals surface area contributed by atoms with Gasteiger partial charge in [0.05, 0.1) is 17.7 Å². The molecule has 1 aliphatic rings. The predicted molar refractivity (Wildman–Crippen MR) is 46.5 cm³/mol. The summed E-state index contributed by atoms with van der Waals surface area (Å²) < 4.78 is 0. The smallest absolute Gasteiger partial charge is 0.0925 e. The molecule has 1 aliphatic heterocycles. The maximum atomic E-state index is 4.03. The van der Waals surface area contributed by atoms with Gasteiger partial charge < -0.3 is 4.98 Å². The Morgan fingerprint density at radius 3 is 3.25 bits per heavy atom. The molecule has 1 N–H and O–H groups in total. The molecule has 3 nitrogen and oxygen atoms in total. The van der Waals surface area contributed by atoms with Crippen molar-refractivity contribution in [3.05, 3.63) is 30.0 Å². The van der Waals surface area contributed by atoms with Gasteiger partial charge in [-0.15, -0.1) is 0 Å². The average Bonchev–Trinajstić information content (AvgIpc) is 2.71. The third kappa shape index (κ3) is 0.605. The lowest BCUT2D eigenvalue weighted by Gasteiger charge is -1.96. The standard InChI is InChI=1S/C9H7N3/c1-2-8-7(5-11-12-8)9-6(1)3-4-10-9/h1-4,10H,5H2. The molecule has 0 bridgehead atoms. The lowest BCUT2D eigenvalue weighted by Crippen LogP contribution is -1.78. The summed E-state index contributed by atoms with van der Waals surface area (Å²) in [6.45, 7) is 0.715. The number of nitrogens with zero attached hydrogens (tertiary/aromatic N) is 2. The zero-order valence-corrected chi connectivity index (χ0v) is 6.41. The van der Waals surface area contributed by atoms with Crippen molar-refractivity contribution < 1.29 is 0 Å². The molecule has 2 aromatic rings. The molecule has 1 aromatic carbocycles. The normalized spacial score (nSPS) is 14.0. The van der Waals surface area contributed by atoms with Crippen LogP contribution in [-0.4, -0.2) is 4.98 Å². The Labute approximate surface area is 69.1 Å². The highest BCUT2D eigenvalue weighted by Crippen LogP contribution is 2.32. The average molecular weight is 157 g/mol. The highest BCUT2D eigenvalue weighted by atomic mass is 15.1. The summed E-state index contributed by atoms with van der Waals surface area (Å²) in [5, 5.41) is 9.26. The van der Waals surface area contributed by atoms with E-state index in [9.17, 15) is 0 Å². The molecule has 3 heteroatoms. The fourth-order valence-corrected chi connectivity index (χ4v) is 1.62. The molecule has 3 rings (SSSR count). The summed E-state index contributed by atoms with van der Waals surface area (Å²) in [7, 11) is 0. The minimum atomic E-state index is 0.715. The first-order valence-electron chi connectivity index (χ1n) is 3.91. The lowest BCUT2D eigenvalue weighted by molar-refractivity contribution is 1.04. The van der Waals surface area contributed by atoms with Crippen LogP contribution >= 0.6 is 0 Å². The Balaban J connectivity index is 2.49. The Morgan fingerprint density at radius 2 is 2.25 bits per heavy atom. The van der Waals surface area contributed by atoms with E-state index < -0.39 is 0 Å². The Morgan fingerprint density at radius 1 is 1.25 bits per heavy atom. The molecule has 12 heavy (non-hydrogen) atoms. The van der Waals surface area contributed by atoms with E-state index in [1.807, 2.05) is 12.3 Å². The molecule has 0 radical (unpaired) electrons. The number of H-pyrrole nitrogens is 1. The van der Waals surface area contributed by atoms with Gasteiger partial charge in [0.1, 0.15) is 0 Å². The maximum absolute atomic E-state index is 4.03. The van der Waals surface area contributed by atoms with E-state index in [0.717, 1.165) is 5.69 Å². The van der Waals surface area contributed by atoms with Crippen molar-refractivity contribution in [3.8, 4) is 0 Å². The van der Waals surface area contributed by atoms with Gasteiger partial charge in [0.15, 0.2) is 0 Å². The number of rotatable bonds is 0. The van der Waals surface area contributed by atoms with E-state index in [-0.39, 0.29) is 0 Å². The van der Waals surface area contributed by atoms with Gasteiger partial charge in [-0.3, -0.25) is 0 Å². The van der Waals surface area contributed by atoms with E-state index in [4.69, 9.17) is 0 Å². The van der Waals surface area contributed by atoms with Crippen LogP contribution in [0.2, 0.25) is 0 Å². The molecule has 0 spiro atoms. The van der Waals surface area contributed by atoms with Gasteiger partial charge in [-0.25, -0.2) is 0 Å². The molecule has 0 saturated heterocycles. The van der Waals surface area contributed by atoms with Crippen LogP contribution in [0.3, 0.4) is 0 Å². The van der Waals surface area contributed by atoms with Crippen molar-refractivity contribution in [2.75, 3.05) is 0 Å². The summed E-state index contributed by atoms with van der Waals surface area (Å²) in [5.41, 5.74) is 3.40. The summed E-state index contributed by atoms with van der Waals surface area (Å²) in [4.78, 5) is 3.20. The van der Waals surface area contributed by atoms with E-state index in [2.05, 4.69) is 27.3 Å². The van der Waals surface area contributed by atoms with Gasteiger partial charge >= 0.3 is 0 Å². The van der Waals surface area contributed by atoms with Crippen LogP contribution < -0.4 is 0 Å². The number of hydrogen-bond donors (Lipinski definition) is 1. The predicted octanol–water partition coefficient (Wildman–Crippen LogP) is 2.77. The highest BCUT2D eigenvalue weighted by molar-refractivity contribution is 5.87. The van der Waals surface area contributed by atoms with Crippen LogP contribution in [0.1, 0.15) is 5.56 Å². The van der Waals surface area contributed by atoms with Crippen LogP contribution in [0.5, 0.6) is 0 Å². The topological polar surface area (TPSA) is 40.5 Å². The molecule has 0 fully saturated rings. The zero-order chi connectivity index (χ0) is 7.97. The number of benzene rings is 1. The third-order valence-electron chi connectivity index (χ3n) is 2.22. The Bertz CT molecular complexity index is 468. The van der Waals surface area contributed by atoms with Crippen LogP contribution in [0.4, 0.5) is 5.69 Å².